The van der Waals surface area contributed by atoms with E-state index in [1.54, 1.807) is 0 Å². The van der Waals surface area contributed by atoms with Crippen molar-refractivity contribution in [3.63, 3.8) is 0 Å². The monoisotopic (exact) mass is 161 g/mol. The van der Waals surface area contributed by atoms with Gasteiger partial charge in [0.05, 0.1) is 14.1 Å². The molecule has 0 saturated heterocycles. The quantitative estimate of drug-likeness (QED) is 0.668. The number of rotatable bonds is 2. The summed E-state index contributed by atoms with van der Waals surface area (Å²) < 4.78 is 0. The Morgan fingerprint density at radius 1 is 1.25 bits per heavy atom. The van der Waals surface area contributed by atoms with Crippen molar-refractivity contribution in [3.8, 4) is 6.07 Å². The van der Waals surface area contributed by atoms with Gasteiger partial charge in [-0.25, -0.2) is 0 Å². The van der Waals surface area contributed by atoms with Crippen LogP contribution in [0.15, 0.2) is 30.3 Å². The van der Waals surface area contributed by atoms with Crippen LogP contribution in [0.2, 0.25) is 0 Å². The van der Waals surface area contributed by atoms with E-state index in [4.69, 9.17) is 5.26 Å². The largest absolute Gasteiger partial charge is 0.322 e. The Bertz CT molecular complexity index is 272. The van der Waals surface area contributed by atoms with Crippen LogP contribution in [0.3, 0.4) is 0 Å². The minimum atomic E-state index is -0.0498. The van der Waals surface area contributed by atoms with E-state index in [1.165, 1.54) is 0 Å². The van der Waals surface area contributed by atoms with E-state index < -0.39 is 0 Å². The van der Waals surface area contributed by atoms with Crippen molar-refractivity contribution in [2.24, 2.45) is 0 Å². The third kappa shape index (κ3) is 1.84. The molecule has 1 aromatic carbocycles. The molecule has 0 radical (unpaired) electrons. The van der Waals surface area contributed by atoms with E-state index in [-0.39, 0.29) is 6.04 Å². The zero-order valence-corrected chi connectivity index (χ0v) is 7.41. The van der Waals surface area contributed by atoms with E-state index >= 15 is 0 Å². The lowest BCUT2D eigenvalue weighted by atomic mass is 10.1. The zero-order chi connectivity index (χ0) is 8.97. The molecule has 2 heteroatoms. The van der Waals surface area contributed by atoms with Crippen molar-refractivity contribution in [2.75, 3.05) is 14.1 Å². The van der Waals surface area contributed by atoms with Gasteiger partial charge in [-0.15, -0.1) is 0 Å². The lowest BCUT2D eigenvalue weighted by molar-refractivity contribution is -0.882. The Hall–Kier alpha value is -1.33. The van der Waals surface area contributed by atoms with Crippen LogP contribution in [-0.2, 0) is 0 Å². The molecule has 1 N–H and O–H groups in total. The van der Waals surface area contributed by atoms with Gasteiger partial charge in [0.25, 0.3) is 0 Å². The molecule has 0 heterocycles. The number of hydrogen-bond acceptors (Lipinski definition) is 1. The first-order valence-corrected chi connectivity index (χ1v) is 4.00. The highest BCUT2D eigenvalue weighted by Gasteiger charge is 2.14. The fourth-order valence-corrected chi connectivity index (χ4v) is 1.18. The third-order valence-corrected chi connectivity index (χ3v) is 1.84. The average Bonchev–Trinajstić information content (AvgIpc) is 2.07. The SMILES string of the molecule is C[NH+](C)[C@H](C#N)c1ccccc1. The van der Waals surface area contributed by atoms with E-state index in [0.29, 0.717) is 0 Å². The molecule has 0 unspecified atom stereocenters. The molecule has 0 amide bonds. The van der Waals surface area contributed by atoms with Crippen molar-refractivity contribution in [3.05, 3.63) is 35.9 Å². The lowest BCUT2D eigenvalue weighted by Crippen LogP contribution is -3.06. The number of quaternary nitrogens is 1. The second-order valence-corrected chi connectivity index (χ2v) is 3.05. The van der Waals surface area contributed by atoms with Crippen molar-refractivity contribution in [1.82, 2.24) is 0 Å². The smallest absolute Gasteiger partial charge is 0.200 e. The highest BCUT2D eigenvalue weighted by atomic mass is 15.1. The molecule has 62 valence electrons. The Morgan fingerprint density at radius 2 is 1.83 bits per heavy atom. The molecule has 0 aliphatic carbocycles. The van der Waals surface area contributed by atoms with Crippen LogP contribution in [-0.4, -0.2) is 14.1 Å². The molecule has 1 atom stereocenters. The molecule has 0 spiro atoms. The molecule has 0 fully saturated rings. The summed E-state index contributed by atoms with van der Waals surface area (Å²) in [4.78, 5) is 1.14. The maximum atomic E-state index is 8.88. The molecular formula is C10H13N2+. The Kier molecular flexibility index (Phi) is 2.84. The van der Waals surface area contributed by atoms with Gasteiger partial charge in [-0.1, -0.05) is 30.3 Å². The lowest BCUT2D eigenvalue weighted by Gasteiger charge is -2.13. The molecule has 1 rings (SSSR count). The molecule has 0 aliphatic heterocycles. The van der Waals surface area contributed by atoms with Crippen molar-refractivity contribution < 1.29 is 4.90 Å². The summed E-state index contributed by atoms with van der Waals surface area (Å²) in [6, 6.07) is 12.1. The van der Waals surface area contributed by atoms with Crippen LogP contribution in [0.5, 0.6) is 0 Å². The maximum Gasteiger partial charge on any atom is 0.200 e. The maximum absolute atomic E-state index is 8.88. The van der Waals surface area contributed by atoms with Crippen LogP contribution in [0.4, 0.5) is 0 Å². The standard InChI is InChI=1S/C10H12N2/c1-12(2)10(8-11)9-6-4-3-5-7-9/h3-7,10H,1-2H3/p+1/t10-/m1/s1. The molecule has 0 bridgehead atoms. The van der Waals surface area contributed by atoms with Gasteiger partial charge in [0.15, 0.2) is 6.04 Å². The van der Waals surface area contributed by atoms with Crippen molar-refractivity contribution in [2.45, 2.75) is 6.04 Å². The van der Waals surface area contributed by atoms with E-state index in [9.17, 15) is 0 Å². The summed E-state index contributed by atoms with van der Waals surface area (Å²) in [5.74, 6) is 0. The second kappa shape index (κ2) is 3.89. The van der Waals surface area contributed by atoms with Gasteiger partial charge in [0, 0.05) is 5.56 Å². The van der Waals surface area contributed by atoms with E-state index in [1.807, 2.05) is 44.4 Å². The van der Waals surface area contributed by atoms with Gasteiger partial charge in [0.2, 0.25) is 0 Å². The molecule has 2 nitrogen and oxygen atoms in total. The predicted molar refractivity (Wildman–Crippen MR) is 47.6 cm³/mol. The molecule has 0 aliphatic rings. The first kappa shape index (κ1) is 8.76. The van der Waals surface area contributed by atoms with Gasteiger partial charge < -0.3 is 4.90 Å². The van der Waals surface area contributed by atoms with Crippen LogP contribution in [0, 0.1) is 11.3 Å². The van der Waals surface area contributed by atoms with Crippen molar-refractivity contribution in [1.29, 1.82) is 5.26 Å². The summed E-state index contributed by atoms with van der Waals surface area (Å²) in [5.41, 5.74) is 1.08. The molecule has 1 aromatic rings. The van der Waals surface area contributed by atoms with Crippen LogP contribution < -0.4 is 4.90 Å². The summed E-state index contributed by atoms with van der Waals surface area (Å²) in [6.45, 7) is 0. The van der Waals surface area contributed by atoms with Gasteiger partial charge in [-0.05, 0) is 0 Å². The number of nitriles is 1. The van der Waals surface area contributed by atoms with Gasteiger partial charge in [0.1, 0.15) is 6.07 Å². The second-order valence-electron chi connectivity index (χ2n) is 3.05. The van der Waals surface area contributed by atoms with Gasteiger partial charge in [-0.2, -0.15) is 5.26 Å². The summed E-state index contributed by atoms with van der Waals surface area (Å²) in [5, 5.41) is 8.88. The normalized spacial score (nSPS) is 12.5. The Balaban J connectivity index is 2.90. The van der Waals surface area contributed by atoms with Gasteiger partial charge in [-0.3, -0.25) is 0 Å². The van der Waals surface area contributed by atoms with Crippen LogP contribution >= 0.6 is 0 Å². The first-order chi connectivity index (χ1) is 5.75. The Morgan fingerprint density at radius 3 is 2.25 bits per heavy atom. The predicted octanol–water partition coefficient (Wildman–Crippen LogP) is 0.396. The number of hydrogen-bond donors (Lipinski definition) is 1. The average molecular weight is 161 g/mol. The Labute approximate surface area is 73.0 Å². The summed E-state index contributed by atoms with van der Waals surface area (Å²) in [7, 11) is 3.97. The highest BCUT2D eigenvalue weighted by Crippen LogP contribution is 2.06. The minimum Gasteiger partial charge on any atom is -0.322 e. The first-order valence-electron chi connectivity index (χ1n) is 4.00. The van der Waals surface area contributed by atoms with Gasteiger partial charge >= 0.3 is 0 Å². The zero-order valence-electron chi connectivity index (χ0n) is 7.41. The third-order valence-electron chi connectivity index (χ3n) is 1.84. The topological polar surface area (TPSA) is 28.2 Å². The fraction of sp³-hybridized carbons (Fsp3) is 0.300. The number of nitrogens with one attached hydrogen (secondary N) is 1. The minimum absolute atomic E-state index is 0.0498. The van der Waals surface area contributed by atoms with Crippen molar-refractivity contribution >= 4 is 0 Å². The van der Waals surface area contributed by atoms with Crippen LogP contribution in [0.1, 0.15) is 11.6 Å². The molecule has 0 aromatic heterocycles. The summed E-state index contributed by atoms with van der Waals surface area (Å²) >= 11 is 0. The van der Waals surface area contributed by atoms with Crippen LogP contribution in [0.25, 0.3) is 0 Å². The number of benzene rings is 1. The fourth-order valence-electron chi connectivity index (χ4n) is 1.18. The summed E-state index contributed by atoms with van der Waals surface area (Å²) in [6.07, 6.45) is 0. The highest BCUT2D eigenvalue weighted by molar-refractivity contribution is 5.21. The molecule has 12 heavy (non-hydrogen) atoms. The van der Waals surface area contributed by atoms with E-state index in [0.717, 1.165) is 10.5 Å². The molecular weight excluding hydrogens is 148 g/mol. The molecule has 0 saturated carbocycles. The number of nitrogens with zero attached hydrogens (tertiary/aromatic N) is 1. The van der Waals surface area contributed by atoms with E-state index in [2.05, 4.69) is 6.07 Å².